The third kappa shape index (κ3) is 2.39. The fourth-order valence-electron chi connectivity index (χ4n) is 2.18. The molecule has 18 heavy (non-hydrogen) atoms. The summed E-state index contributed by atoms with van der Waals surface area (Å²) in [5.41, 5.74) is 5.29. The second kappa shape index (κ2) is 5.07. The third-order valence-electron chi connectivity index (χ3n) is 3.15. The molecule has 1 aliphatic heterocycles. The average Bonchev–Trinajstić information content (AvgIpc) is 2.39. The highest BCUT2D eigenvalue weighted by atomic mass is 32.2. The van der Waals surface area contributed by atoms with Gasteiger partial charge in [-0.2, -0.15) is 0 Å². The topological polar surface area (TPSA) is 89.3 Å². The van der Waals surface area contributed by atoms with Gasteiger partial charge in [0.25, 0.3) is 0 Å². The average molecular weight is 268 g/mol. The Morgan fingerprint density at radius 3 is 2.67 bits per heavy atom. The Labute approximate surface area is 106 Å². The maximum Gasteiger partial charge on any atom is 0.250 e. The minimum absolute atomic E-state index is 0.0474. The van der Waals surface area contributed by atoms with E-state index in [-0.39, 0.29) is 10.5 Å². The lowest BCUT2D eigenvalue weighted by Crippen LogP contribution is -2.39. The van der Waals surface area contributed by atoms with Gasteiger partial charge < -0.3 is 11.1 Å². The predicted octanol–water partition coefficient (Wildman–Crippen LogP) is 0.311. The van der Waals surface area contributed by atoms with Crippen LogP contribution in [0.3, 0.4) is 0 Å². The second-order valence-electron chi connectivity index (χ2n) is 4.37. The second-order valence-corrected chi connectivity index (χ2v) is 6.57. The number of amides is 1. The van der Waals surface area contributed by atoms with Gasteiger partial charge in [0.1, 0.15) is 0 Å². The molecule has 1 heterocycles. The summed E-state index contributed by atoms with van der Waals surface area (Å²) >= 11 is 0. The van der Waals surface area contributed by atoms with Crippen molar-refractivity contribution in [2.45, 2.75) is 23.0 Å². The number of hydrogen-bond donors (Lipinski definition) is 2. The Morgan fingerprint density at radius 2 is 2.06 bits per heavy atom. The molecule has 0 saturated carbocycles. The molecule has 0 aliphatic carbocycles. The summed E-state index contributed by atoms with van der Waals surface area (Å²) in [6.07, 6.45) is 1.44. The number of primary amides is 1. The van der Waals surface area contributed by atoms with Crippen LogP contribution in [-0.2, 0) is 9.84 Å². The standard InChI is InChI=1S/C12H16N2O3S/c13-12(15)10-5-1-2-6-11(10)18(16,17)9-4-3-7-14-8-9/h1-2,5-6,9,14H,3-4,7-8H2,(H2,13,15). The molecule has 1 fully saturated rings. The van der Waals surface area contributed by atoms with E-state index in [1.807, 2.05) is 0 Å². The molecular formula is C12H16N2O3S. The fourth-order valence-corrected chi connectivity index (χ4v) is 4.10. The number of nitrogens with one attached hydrogen (secondary N) is 1. The molecule has 1 saturated heterocycles. The summed E-state index contributed by atoms with van der Waals surface area (Å²) in [6, 6.07) is 6.11. The predicted molar refractivity (Wildman–Crippen MR) is 68.0 cm³/mol. The maximum absolute atomic E-state index is 12.5. The summed E-state index contributed by atoms with van der Waals surface area (Å²) in [5.74, 6) is -0.710. The van der Waals surface area contributed by atoms with Gasteiger partial charge in [-0.25, -0.2) is 8.42 Å². The molecule has 0 bridgehead atoms. The summed E-state index contributed by atoms with van der Waals surface area (Å²) in [5, 5.41) is 2.58. The van der Waals surface area contributed by atoms with E-state index in [4.69, 9.17) is 5.73 Å². The molecule has 98 valence electrons. The normalized spacial score (nSPS) is 20.6. The highest BCUT2D eigenvalue weighted by molar-refractivity contribution is 7.92. The van der Waals surface area contributed by atoms with Crippen LogP contribution in [-0.4, -0.2) is 32.7 Å². The number of carbonyl (C=O) groups excluding carboxylic acids is 1. The lowest BCUT2D eigenvalue weighted by atomic mass is 10.2. The smallest absolute Gasteiger partial charge is 0.250 e. The van der Waals surface area contributed by atoms with E-state index < -0.39 is 21.0 Å². The first-order chi connectivity index (χ1) is 8.53. The molecule has 3 N–H and O–H groups in total. The summed E-state index contributed by atoms with van der Waals surface area (Å²) in [4.78, 5) is 11.3. The van der Waals surface area contributed by atoms with Gasteiger partial charge in [0.2, 0.25) is 5.91 Å². The molecule has 0 spiro atoms. The lowest BCUT2D eigenvalue weighted by molar-refractivity contribution is 0.0997. The molecule has 1 amide bonds. The van der Waals surface area contributed by atoms with Crippen molar-refractivity contribution in [3.63, 3.8) is 0 Å². The van der Waals surface area contributed by atoms with Crippen molar-refractivity contribution in [1.82, 2.24) is 5.32 Å². The van der Waals surface area contributed by atoms with Crippen LogP contribution in [0.5, 0.6) is 0 Å². The highest BCUT2D eigenvalue weighted by Gasteiger charge is 2.31. The third-order valence-corrected chi connectivity index (χ3v) is 5.40. The molecule has 1 atom stereocenters. The summed E-state index contributed by atoms with van der Waals surface area (Å²) < 4.78 is 24.9. The Bertz CT molecular complexity index is 548. The first-order valence-electron chi connectivity index (χ1n) is 5.87. The zero-order chi connectivity index (χ0) is 13.2. The summed E-state index contributed by atoms with van der Waals surface area (Å²) in [6.45, 7) is 1.26. The molecule has 0 radical (unpaired) electrons. The van der Waals surface area contributed by atoms with E-state index in [1.54, 1.807) is 12.1 Å². The number of rotatable bonds is 3. The van der Waals surface area contributed by atoms with E-state index in [1.165, 1.54) is 12.1 Å². The van der Waals surface area contributed by atoms with Gasteiger partial charge in [-0.3, -0.25) is 4.79 Å². The molecule has 1 unspecified atom stereocenters. The van der Waals surface area contributed by atoms with Gasteiger partial charge in [-0.05, 0) is 31.5 Å². The van der Waals surface area contributed by atoms with Gasteiger partial charge in [0.05, 0.1) is 15.7 Å². The number of sulfone groups is 1. The van der Waals surface area contributed by atoms with Gasteiger partial charge in [0.15, 0.2) is 9.84 Å². The van der Waals surface area contributed by atoms with Crippen LogP contribution >= 0.6 is 0 Å². The zero-order valence-corrected chi connectivity index (χ0v) is 10.7. The van der Waals surface area contributed by atoms with Crippen LogP contribution < -0.4 is 11.1 Å². The van der Waals surface area contributed by atoms with Gasteiger partial charge in [0, 0.05) is 6.54 Å². The van der Waals surface area contributed by atoms with Crippen LogP contribution in [0.15, 0.2) is 29.2 Å². The minimum Gasteiger partial charge on any atom is -0.366 e. The number of piperidine rings is 1. The van der Waals surface area contributed by atoms with Crippen molar-refractivity contribution in [3.05, 3.63) is 29.8 Å². The van der Waals surface area contributed by atoms with Crippen LogP contribution in [0.1, 0.15) is 23.2 Å². The molecule has 0 aromatic heterocycles. The van der Waals surface area contributed by atoms with E-state index >= 15 is 0 Å². The number of hydrogen-bond acceptors (Lipinski definition) is 4. The van der Waals surface area contributed by atoms with E-state index in [2.05, 4.69) is 5.32 Å². The summed E-state index contributed by atoms with van der Waals surface area (Å²) in [7, 11) is -3.50. The zero-order valence-electron chi connectivity index (χ0n) is 9.93. The van der Waals surface area contributed by atoms with Gasteiger partial charge in [-0.1, -0.05) is 12.1 Å². The van der Waals surface area contributed by atoms with Crippen molar-refractivity contribution in [1.29, 1.82) is 0 Å². The number of nitrogens with two attached hydrogens (primary N) is 1. The van der Waals surface area contributed by atoms with E-state index in [0.29, 0.717) is 13.0 Å². The van der Waals surface area contributed by atoms with Crippen LogP contribution in [0.25, 0.3) is 0 Å². The minimum atomic E-state index is -3.50. The quantitative estimate of drug-likeness (QED) is 0.825. The molecule has 2 rings (SSSR count). The van der Waals surface area contributed by atoms with Gasteiger partial charge >= 0.3 is 0 Å². The lowest BCUT2D eigenvalue weighted by Gasteiger charge is -2.23. The van der Waals surface area contributed by atoms with E-state index in [0.717, 1.165) is 13.0 Å². The van der Waals surface area contributed by atoms with E-state index in [9.17, 15) is 13.2 Å². The van der Waals surface area contributed by atoms with Crippen molar-refractivity contribution in [2.75, 3.05) is 13.1 Å². The first-order valence-corrected chi connectivity index (χ1v) is 7.41. The van der Waals surface area contributed by atoms with Crippen molar-refractivity contribution >= 4 is 15.7 Å². The largest absolute Gasteiger partial charge is 0.366 e. The van der Waals surface area contributed by atoms with Crippen molar-refractivity contribution in [3.8, 4) is 0 Å². The van der Waals surface area contributed by atoms with Crippen molar-refractivity contribution < 1.29 is 13.2 Å². The Balaban J connectivity index is 2.43. The maximum atomic E-state index is 12.5. The molecule has 1 aromatic rings. The molecule has 1 aromatic carbocycles. The number of carbonyl (C=O) groups is 1. The van der Waals surface area contributed by atoms with Gasteiger partial charge in [-0.15, -0.1) is 0 Å². The Hall–Kier alpha value is -1.40. The number of benzene rings is 1. The molecule has 5 nitrogen and oxygen atoms in total. The first kappa shape index (κ1) is 13.0. The van der Waals surface area contributed by atoms with Crippen LogP contribution in [0.4, 0.5) is 0 Å². The van der Waals surface area contributed by atoms with Crippen molar-refractivity contribution in [2.24, 2.45) is 5.73 Å². The SMILES string of the molecule is NC(=O)c1ccccc1S(=O)(=O)C1CCCNC1. The Morgan fingerprint density at radius 1 is 1.33 bits per heavy atom. The van der Waals surface area contributed by atoms with Crippen LogP contribution in [0, 0.1) is 0 Å². The van der Waals surface area contributed by atoms with Crippen LogP contribution in [0.2, 0.25) is 0 Å². The molecular weight excluding hydrogens is 252 g/mol. The monoisotopic (exact) mass is 268 g/mol. The Kier molecular flexibility index (Phi) is 3.68. The fraction of sp³-hybridized carbons (Fsp3) is 0.417. The molecule has 6 heteroatoms. The molecule has 1 aliphatic rings. The highest BCUT2D eigenvalue weighted by Crippen LogP contribution is 2.23.